The van der Waals surface area contributed by atoms with Gasteiger partial charge in [0.1, 0.15) is 12.1 Å². The molecule has 1 aliphatic heterocycles. The third-order valence-corrected chi connectivity index (χ3v) is 3.30. The normalized spacial score (nSPS) is 18.3. The van der Waals surface area contributed by atoms with Gasteiger partial charge in [-0.05, 0) is 31.7 Å². The summed E-state index contributed by atoms with van der Waals surface area (Å²) in [6, 6.07) is 4.13. The van der Waals surface area contributed by atoms with Gasteiger partial charge in [0.05, 0.1) is 0 Å². The quantitative estimate of drug-likeness (QED) is 0.841. The second-order valence-corrected chi connectivity index (χ2v) is 4.85. The summed E-state index contributed by atoms with van der Waals surface area (Å²) in [6.45, 7) is 6.27. The highest BCUT2D eigenvalue weighted by Crippen LogP contribution is 2.14. The number of anilines is 1. The molecule has 96 valence electrons. The van der Waals surface area contributed by atoms with E-state index in [1.54, 1.807) is 6.33 Å². The van der Waals surface area contributed by atoms with Crippen molar-refractivity contribution in [3.63, 3.8) is 0 Å². The van der Waals surface area contributed by atoms with Crippen molar-refractivity contribution in [1.82, 2.24) is 24.5 Å². The maximum atomic E-state index is 4.25. The molecule has 1 saturated heterocycles. The summed E-state index contributed by atoms with van der Waals surface area (Å²) in [7, 11) is 2.15. The van der Waals surface area contributed by atoms with Gasteiger partial charge in [0, 0.05) is 26.2 Å². The van der Waals surface area contributed by atoms with Gasteiger partial charge in [-0.25, -0.2) is 9.99 Å². The van der Waals surface area contributed by atoms with Gasteiger partial charge in [-0.3, -0.25) is 0 Å². The number of fused-ring (bicyclic) bond motifs is 1. The van der Waals surface area contributed by atoms with Crippen molar-refractivity contribution in [3.05, 3.63) is 24.0 Å². The van der Waals surface area contributed by atoms with E-state index in [1.165, 1.54) is 5.56 Å². The Morgan fingerprint density at radius 1 is 1.17 bits per heavy atom. The molecule has 3 heterocycles. The van der Waals surface area contributed by atoms with E-state index in [0.29, 0.717) is 0 Å². The number of aromatic nitrogens is 3. The molecule has 6 nitrogen and oxygen atoms in total. The van der Waals surface area contributed by atoms with Crippen molar-refractivity contribution >= 4 is 11.5 Å². The number of nitrogens with one attached hydrogen (secondary N) is 1. The average Bonchev–Trinajstić information content (AvgIpc) is 2.80. The Balaban J connectivity index is 1.83. The van der Waals surface area contributed by atoms with Gasteiger partial charge in [0.25, 0.3) is 0 Å². The second-order valence-electron chi connectivity index (χ2n) is 4.85. The van der Waals surface area contributed by atoms with Crippen LogP contribution in [0.2, 0.25) is 0 Å². The van der Waals surface area contributed by atoms with Gasteiger partial charge in [-0.2, -0.15) is 9.61 Å². The highest BCUT2D eigenvalue weighted by atomic mass is 15.6. The third kappa shape index (κ3) is 2.16. The van der Waals surface area contributed by atoms with Crippen molar-refractivity contribution < 1.29 is 0 Å². The lowest BCUT2D eigenvalue weighted by Gasteiger charge is -2.33. The lowest BCUT2D eigenvalue weighted by Crippen LogP contribution is -2.47. The van der Waals surface area contributed by atoms with Crippen LogP contribution in [0.4, 0.5) is 5.82 Å². The molecular formula is C12H18N6. The largest absolute Gasteiger partial charge is 0.304 e. The van der Waals surface area contributed by atoms with Gasteiger partial charge in [0.15, 0.2) is 5.65 Å². The third-order valence-electron chi connectivity index (χ3n) is 3.30. The molecule has 0 amide bonds. The number of nitrogens with zero attached hydrogens (tertiary/aromatic N) is 5. The van der Waals surface area contributed by atoms with Gasteiger partial charge in [-0.1, -0.05) is 0 Å². The number of hydrazine groups is 1. The molecule has 0 bridgehead atoms. The zero-order valence-electron chi connectivity index (χ0n) is 10.8. The number of pyridine rings is 1. The van der Waals surface area contributed by atoms with Crippen molar-refractivity contribution in [1.29, 1.82) is 0 Å². The van der Waals surface area contributed by atoms with Gasteiger partial charge in [0.2, 0.25) is 0 Å². The molecule has 1 aliphatic rings. The maximum absolute atomic E-state index is 4.25. The van der Waals surface area contributed by atoms with Crippen LogP contribution < -0.4 is 5.43 Å². The Bertz CT molecular complexity index is 540. The molecule has 0 aliphatic carbocycles. The van der Waals surface area contributed by atoms with E-state index in [0.717, 1.165) is 37.6 Å². The molecule has 0 saturated carbocycles. The van der Waals surface area contributed by atoms with Crippen LogP contribution >= 0.6 is 0 Å². The molecule has 0 atom stereocenters. The zero-order valence-corrected chi connectivity index (χ0v) is 10.8. The Hall–Kier alpha value is -1.66. The fourth-order valence-corrected chi connectivity index (χ4v) is 2.22. The molecule has 0 spiro atoms. The molecule has 0 aromatic carbocycles. The van der Waals surface area contributed by atoms with Crippen LogP contribution in [0.1, 0.15) is 5.56 Å². The van der Waals surface area contributed by atoms with E-state index >= 15 is 0 Å². The molecular weight excluding hydrogens is 228 g/mol. The summed E-state index contributed by atoms with van der Waals surface area (Å²) in [5, 5.41) is 6.48. The molecule has 18 heavy (non-hydrogen) atoms. The van der Waals surface area contributed by atoms with Gasteiger partial charge in [-0.15, -0.1) is 0 Å². The Morgan fingerprint density at radius 2 is 1.94 bits per heavy atom. The fourth-order valence-electron chi connectivity index (χ4n) is 2.22. The zero-order chi connectivity index (χ0) is 12.5. The molecule has 0 radical (unpaired) electrons. The molecule has 2 aromatic rings. The van der Waals surface area contributed by atoms with E-state index in [4.69, 9.17) is 0 Å². The minimum atomic E-state index is 0.881. The standard InChI is InChI=1S/C12H18N6/c1-10-7-11-13-9-14-18(11)12(8-10)15-17-5-3-16(2)4-6-17/h7-9,15H,3-6H2,1-2H3. The van der Waals surface area contributed by atoms with Crippen molar-refractivity contribution in [2.45, 2.75) is 6.92 Å². The molecule has 3 rings (SSSR count). The van der Waals surface area contributed by atoms with Crippen LogP contribution in [0, 0.1) is 6.92 Å². The van der Waals surface area contributed by atoms with Gasteiger partial charge < -0.3 is 10.3 Å². The lowest BCUT2D eigenvalue weighted by molar-refractivity contribution is 0.178. The average molecular weight is 246 g/mol. The van der Waals surface area contributed by atoms with Crippen LogP contribution in [0.5, 0.6) is 0 Å². The summed E-state index contributed by atoms with van der Waals surface area (Å²) >= 11 is 0. The Kier molecular flexibility index (Phi) is 2.89. The highest BCUT2D eigenvalue weighted by molar-refractivity contribution is 5.50. The van der Waals surface area contributed by atoms with Crippen molar-refractivity contribution in [2.24, 2.45) is 0 Å². The minimum absolute atomic E-state index is 0.881. The summed E-state index contributed by atoms with van der Waals surface area (Å²) in [6.07, 6.45) is 1.59. The second kappa shape index (κ2) is 4.55. The van der Waals surface area contributed by atoms with Crippen molar-refractivity contribution in [2.75, 3.05) is 38.7 Å². The summed E-state index contributed by atoms with van der Waals surface area (Å²) < 4.78 is 1.84. The topological polar surface area (TPSA) is 48.7 Å². The van der Waals surface area contributed by atoms with E-state index in [9.17, 15) is 0 Å². The summed E-state index contributed by atoms with van der Waals surface area (Å²) in [4.78, 5) is 6.56. The van der Waals surface area contributed by atoms with Crippen LogP contribution in [-0.2, 0) is 0 Å². The molecule has 1 fully saturated rings. The van der Waals surface area contributed by atoms with Crippen LogP contribution in [0.3, 0.4) is 0 Å². The fraction of sp³-hybridized carbons (Fsp3) is 0.500. The smallest absolute Gasteiger partial charge is 0.157 e. The molecule has 0 unspecified atom stereocenters. The first-order chi connectivity index (χ1) is 8.72. The lowest BCUT2D eigenvalue weighted by atomic mass is 10.3. The highest BCUT2D eigenvalue weighted by Gasteiger charge is 2.14. The van der Waals surface area contributed by atoms with E-state index < -0.39 is 0 Å². The Morgan fingerprint density at radius 3 is 2.72 bits per heavy atom. The number of likely N-dealkylation sites (N-methyl/N-ethyl adjacent to an activating group) is 1. The minimum Gasteiger partial charge on any atom is -0.304 e. The first kappa shape index (κ1) is 11.4. The van der Waals surface area contributed by atoms with E-state index in [1.807, 2.05) is 10.6 Å². The monoisotopic (exact) mass is 246 g/mol. The van der Waals surface area contributed by atoms with Gasteiger partial charge >= 0.3 is 0 Å². The molecule has 6 heteroatoms. The van der Waals surface area contributed by atoms with Crippen LogP contribution in [0.15, 0.2) is 18.5 Å². The number of hydrogen-bond acceptors (Lipinski definition) is 5. The summed E-state index contributed by atoms with van der Waals surface area (Å²) in [5.41, 5.74) is 5.51. The SMILES string of the molecule is Cc1cc(NN2CCN(C)CC2)n2ncnc2c1. The maximum Gasteiger partial charge on any atom is 0.157 e. The predicted octanol–water partition coefficient (Wildman–Crippen LogP) is 0.612. The van der Waals surface area contributed by atoms with Crippen LogP contribution in [-0.4, -0.2) is 57.7 Å². The summed E-state index contributed by atoms with van der Waals surface area (Å²) in [5.74, 6) is 0.979. The number of hydrogen-bond donors (Lipinski definition) is 1. The van der Waals surface area contributed by atoms with E-state index in [2.05, 4.69) is 45.5 Å². The van der Waals surface area contributed by atoms with Crippen molar-refractivity contribution in [3.8, 4) is 0 Å². The molecule has 2 aromatic heterocycles. The first-order valence-corrected chi connectivity index (χ1v) is 6.23. The number of piperazine rings is 1. The first-order valence-electron chi connectivity index (χ1n) is 6.23. The number of rotatable bonds is 2. The predicted molar refractivity (Wildman–Crippen MR) is 70.4 cm³/mol. The molecule has 1 N–H and O–H groups in total. The van der Waals surface area contributed by atoms with Crippen LogP contribution in [0.25, 0.3) is 5.65 Å². The Labute approximate surface area is 106 Å². The van der Waals surface area contributed by atoms with E-state index in [-0.39, 0.29) is 0 Å². The number of aryl methyl sites for hydroxylation is 1.